The number of ether oxygens (including phenoxy) is 2. The molecule has 4 fully saturated rings. The minimum absolute atomic E-state index is 0.0000676. The lowest BCUT2D eigenvalue weighted by Crippen LogP contribution is -2.65. The Bertz CT molecular complexity index is 1020. The van der Waals surface area contributed by atoms with Gasteiger partial charge >= 0.3 is 5.97 Å². The Morgan fingerprint density at radius 2 is 1.73 bits per heavy atom. The standard InChI is InChI=1S/C32H50O5/c1-18(16-23(36-19(2)33)27-29(5,6)37-27)20-10-14-31(8)21(20)17-22(34)26-30(7)13-12-25(35)28(3,4)24(30)11-15-32(26,31)9/h18,22-24,26-27,34H,10-17H2,1-9H3/t18-,22-,23-,24-,26+,27+,30-,31+,32-/m0/s1. The molecule has 0 bridgehead atoms. The number of Topliss-reactive ketones (excluding diaryl/α,β-unsaturated/α-hetero) is 1. The number of allylic oxidation sites excluding steroid dienone is 1. The van der Waals surface area contributed by atoms with Gasteiger partial charge in [-0.05, 0) is 92.8 Å². The van der Waals surface area contributed by atoms with Crippen LogP contribution in [0.1, 0.15) is 114 Å². The van der Waals surface area contributed by atoms with Crippen LogP contribution >= 0.6 is 0 Å². The highest BCUT2D eigenvalue weighted by molar-refractivity contribution is 5.85. The number of carbonyl (C=O) groups is 2. The second kappa shape index (κ2) is 8.40. The number of rotatable bonds is 5. The first kappa shape index (κ1) is 27.4. The van der Waals surface area contributed by atoms with Crippen molar-refractivity contribution in [2.75, 3.05) is 0 Å². The Morgan fingerprint density at radius 1 is 1.08 bits per heavy atom. The quantitative estimate of drug-likeness (QED) is 0.261. The Morgan fingerprint density at radius 3 is 2.32 bits per heavy atom. The van der Waals surface area contributed by atoms with Gasteiger partial charge in [0.15, 0.2) is 0 Å². The van der Waals surface area contributed by atoms with Crippen molar-refractivity contribution >= 4 is 11.8 Å². The summed E-state index contributed by atoms with van der Waals surface area (Å²) in [5.41, 5.74) is 2.41. The van der Waals surface area contributed by atoms with E-state index in [0.29, 0.717) is 18.1 Å². The number of hydrogen-bond acceptors (Lipinski definition) is 5. The lowest BCUT2D eigenvalue weighted by atomic mass is 9.36. The minimum Gasteiger partial charge on any atom is -0.460 e. The molecule has 208 valence electrons. The molecule has 0 amide bonds. The summed E-state index contributed by atoms with van der Waals surface area (Å²) in [5.74, 6) is 0.947. The molecule has 3 saturated carbocycles. The second-order valence-electron chi connectivity index (χ2n) is 15.2. The van der Waals surface area contributed by atoms with E-state index in [-0.39, 0.29) is 63.4 Å². The van der Waals surface area contributed by atoms with Crippen LogP contribution in [0, 0.1) is 39.4 Å². The molecule has 1 heterocycles. The minimum atomic E-state index is -0.389. The van der Waals surface area contributed by atoms with E-state index >= 15 is 0 Å². The Hall–Kier alpha value is -1.20. The zero-order valence-electron chi connectivity index (χ0n) is 24.7. The molecule has 1 N–H and O–H groups in total. The molecular formula is C32H50O5. The molecule has 5 aliphatic rings. The fraction of sp³-hybridized carbons (Fsp3) is 0.875. The van der Waals surface area contributed by atoms with Crippen LogP contribution in [0.5, 0.6) is 0 Å². The first-order valence-electron chi connectivity index (χ1n) is 14.8. The van der Waals surface area contributed by atoms with Crippen LogP contribution in [0.15, 0.2) is 11.1 Å². The van der Waals surface area contributed by atoms with Gasteiger partial charge in [-0.15, -0.1) is 0 Å². The maximum atomic E-state index is 12.9. The van der Waals surface area contributed by atoms with Crippen LogP contribution in [-0.4, -0.2) is 40.8 Å². The molecule has 5 rings (SSSR count). The van der Waals surface area contributed by atoms with Gasteiger partial charge in [-0.2, -0.15) is 0 Å². The molecule has 5 heteroatoms. The van der Waals surface area contributed by atoms with Gasteiger partial charge in [0, 0.05) is 18.8 Å². The predicted molar refractivity (Wildman–Crippen MR) is 144 cm³/mol. The normalized spacial score (nSPS) is 45.4. The number of carbonyl (C=O) groups excluding carboxylic acids is 2. The van der Waals surface area contributed by atoms with Crippen LogP contribution < -0.4 is 0 Å². The SMILES string of the molecule is CC(=O)O[C@@H](C[C@H](C)C1=C2C[C@H](O)[C@@H]3[C@@]4(C)CCC(=O)C(C)(C)[C@@H]4CC[C@]3(C)[C@]2(C)CC1)[C@H]1OC1(C)C. The van der Waals surface area contributed by atoms with E-state index in [9.17, 15) is 14.7 Å². The number of epoxide rings is 1. The van der Waals surface area contributed by atoms with Gasteiger partial charge in [0.25, 0.3) is 0 Å². The highest BCUT2D eigenvalue weighted by Crippen LogP contribution is 2.74. The van der Waals surface area contributed by atoms with Crippen molar-refractivity contribution in [2.24, 2.45) is 39.4 Å². The Labute approximate surface area is 224 Å². The number of fused-ring (bicyclic) bond motifs is 5. The van der Waals surface area contributed by atoms with Crippen molar-refractivity contribution < 1.29 is 24.2 Å². The molecule has 37 heavy (non-hydrogen) atoms. The van der Waals surface area contributed by atoms with E-state index in [0.717, 1.165) is 44.9 Å². The third-order valence-corrected chi connectivity index (χ3v) is 12.5. The van der Waals surface area contributed by atoms with E-state index in [1.807, 2.05) is 0 Å². The number of aliphatic hydroxyl groups is 1. The lowest BCUT2D eigenvalue weighted by Gasteiger charge is -2.69. The summed E-state index contributed by atoms with van der Waals surface area (Å²) in [7, 11) is 0. The predicted octanol–water partition coefficient (Wildman–Crippen LogP) is 6.41. The fourth-order valence-electron chi connectivity index (χ4n) is 10.4. The maximum absolute atomic E-state index is 12.9. The number of hydrogen-bond donors (Lipinski definition) is 1. The summed E-state index contributed by atoms with van der Waals surface area (Å²) in [6.07, 6.45) is 6.64. The van der Waals surface area contributed by atoms with Crippen molar-refractivity contribution in [3.05, 3.63) is 11.1 Å². The van der Waals surface area contributed by atoms with Gasteiger partial charge < -0.3 is 14.6 Å². The van der Waals surface area contributed by atoms with Crippen molar-refractivity contribution in [1.82, 2.24) is 0 Å². The molecular weight excluding hydrogens is 464 g/mol. The molecule has 4 aliphatic carbocycles. The molecule has 0 aromatic carbocycles. The maximum Gasteiger partial charge on any atom is 0.302 e. The fourth-order valence-corrected chi connectivity index (χ4v) is 10.4. The average molecular weight is 515 g/mol. The van der Waals surface area contributed by atoms with Crippen LogP contribution in [0.3, 0.4) is 0 Å². The molecule has 1 aliphatic heterocycles. The first-order valence-corrected chi connectivity index (χ1v) is 14.8. The Kier molecular flexibility index (Phi) is 6.21. The summed E-state index contributed by atoms with van der Waals surface area (Å²) in [5, 5.41) is 11.9. The van der Waals surface area contributed by atoms with E-state index in [1.54, 1.807) is 0 Å². The van der Waals surface area contributed by atoms with E-state index in [4.69, 9.17) is 9.47 Å². The highest BCUT2D eigenvalue weighted by Gasteiger charge is 2.69. The summed E-state index contributed by atoms with van der Waals surface area (Å²) < 4.78 is 11.7. The second-order valence-corrected chi connectivity index (χ2v) is 15.2. The van der Waals surface area contributed by atoms with E-state index in [2.05, 4.69) is 55.4 Å². The number of esters is 1. The molecule has 0 aromatic rings. The third kappa shape index (κ3) is 3.84. The van der Waals surface area contributed by atoms with Crippen LogP contribution in [0.25, 0.3) is 0 Å². The van der Waals surface area contributed by atoms with Gasteiger partial charge in [-0.3, -0.25) is 9.59 Å². The van der Waals surface area contributed by atoms with Crippen LogP contribution in [0.4, 0.5) is 0 Å². The largest absolute Gasteiger partial charge is 0.460 e. The summed E-state index contributed by atoms with van der Waals surface area (Å²) in [4.78, 5) is 24.8. The van der Waals surface area contributed by atoms with Gasteiger partial charge in [0.05, 0.1) is 11.7 Å². The van der Waals surface area contributed by atoms with Gasteiger partial charge in [-0.1, -0.05) is 52.7 Å². The first-order chi connectivity index (χ1) is 17.0. The van der Waals surface area contributed by atoms with Crippen LogP contribution in [0.2, 0.25) is 0 Å². The molecule has 0 radical (unpaired) electrons. The number of ketones is 1. The lowest BCUT2D eigenvalue weighted by molar-refractivity contribution is -0.208. The van der Waals surface area contributed by atoms with Crippen molar-refractivity contribution in [1.29, 1.82) is 0 Å². The molecule has 1 saturated heterocycles. The highest BCUT2D eigenvalue weighted by atomic mass is 16.6. The van der Waals surface area contributed by atoms with Crippen molar-refractivity contribution in [2.45, 2.75) is 138 Å². The average Bonchev–Trinajstić information content (AvgIpc) is 3.27. The Balaban J connectivity index is 1.46. The topological polar surface area (TPSA) is 76.1 Å². The monoisotopic (exact) mass is 514 g/mol. The molecule has 0 aromatic heterocycles. The zero-order valence-corrected chi connectivity index (χ0v) is 24.7. The summed E-state index contributed by atoms with van der Waals surface area (Å²) >= 11 is 0. The van der Waals surface area contributed by atoms with Gasteiger partial charge in [0.2, 0.25) is 0 Å². The molecule has 0 unspecified atom stereocenters. The number of aliphatic hydroxyl groups excluding tert-OH is 1. The summed E-state index contributed by atoms with van der Waals surface area (Å²) in [6, 6.07) is 0. The smallest absolute Gasteiger partial charge is 0.302 e. The van der Waals surface area contributed by atoms with Gasteiger partial charge in [0.1, 0.15) is 18.0 Å². The molecule has 5 nitrogen and oxygen atoms in total. The van der Waals surface area contributed by atoms with E-state index in [1.165, 1.54) is 18.1 Å². The van der Waals surface area contributed by atoms with Crippen molar-refractivity contribution in [3.8, 4) is 0 Å². The van der Waals surface area contributed by atoms with Gasteiger partial charge in [-0.25, -0.2) is 0 Å². The summed E-state index contributed by atoms with van der Waals surface area (Å²) in [6.45, 7) is 19.5. The van der Waals surface area contributed by atoms with Crippen LogP contribution in [-0.2, 0) is 19.1 Å². The molecule has 9 atom stereocenters. The third-order valence-electron chi connectivity index (χ3n) is 12.5. The van der Waals surface area contributed by atoms with E-state index < -0.39 is 0 Å². The van der Waals surface area contributed by atoms with Crippen molar-refractivity contribution in [3.63, 3.8) is 0 Å². The zero-order chi connectivity index (χ0) is 27.3. The molecule has 0 spiro atoms.